The zero-order chi connectivity index (χ0) is 12.2. The van der Waals surface area contributed by atoms with Crippen LogP contribution in [0.1, 0.15) is 20.3 Å². The van der Waals surface area contributed by atoms with Crippen molar-refractivity contribution in [2.75, 3.05) is 33.4 Å². The van der Waals surface area contributed by atoms with Gasteiger partial charge in [-0.05, 0) is 13.8 Å². The highest BCUT2D eigenvalue weighted by atomic mass is 16.5. The van der Waals surface area contributed by atoms with E-state index in [9.17, 15) is 9.90 Å². The molecule has 1 aliphatic rings. The molecule has 1 fully saturated rings. The fourth-order valence-electron chi connectivity index (χ4n) is 1.86. The Hall–Kier alpha value is -0.650. The molecule has 0 aliphatic carbocycles. The Bertz CT molecular complexity index is 237. The third-order valence-electron chi connectivity index (χ3n) is 2.46. The molecule has 0 amide bonds. The van der Waals surface area contributed by atoms with Gasteiger partial charge in [-0.1, -0.05) is 0 Å². The Morgan fingerprint density at radius 3 is 2.88 bits per heavy atom. The van der Waals surface area contributed by atoms with E-state index in [1.54, 1.807) is 13.8 Å². The molecule has 1 rings (SSSR count). The van der Waals surface area contributed by atoms with Crippen molar-refractivity contribution in [2.45, 2.75) is 32.0 Å². The number of methoxy groups -OCH3 is 1. The van der Waals surface area contributed by atoms with Gasteiger partial charge < -0.3 is 14.6 Å². The highest BCUT2D eigenvalue weighted by Crippen LogP contribution is 2.12. The first-order valence-electron chi connectivity index (χ1n) is 5.54. The molecule has 1 saturated heterocycles. The Morgan fingerprint density at radius 1 is 1.62 bits per heavy atom. The number of esters is 1. The summed E-state index contributed by atoms with van der Waals surface area (Å²) in [6.07, 6.45) is 0.155. The van der Waals surface area contributed by atoms with Crippen LogP contribution < -0.4 is 0 Å². The number of hydrogen-bond donors (Lipinski definition) is 1. The second kappa shape index (κ2) is 5.61. The predicted octanol–water partition coefficient (Wildman–Crippen LogP) is 0.0212. The van der Waals surface area contributed by atoms with Crippen LogP contribution in [0.15, 0.2) is 0 Å². The third-order valence-corrected chi connectivity index (χ3v) is 2.46. The topological polar surface area (TPSA) is 59.0 Å². The molecule has 1 unspecified atom stereocenters. The average Bonchev–Trinajstić information content (AvgIpc) is 2.15. The van der Waals surface area contributed by atoms with Crippen LogP contribution in [-0.4, -0.2) is 61.0 Å². The van der Waals surface area contributed by atoms with E-state index in [0.29, 0.717) is 19.7 Å². The maximum absolute atomic E-state index is 11.1. The molecule has 0 aromatic carbocycles. The van der Waals surface area contributed by atoms with Crippen LogP contribution in [-0.2, 0) is 14.3 Å². The first-order valence-corrected chi connectivity index (χ1v) is 5.54. The summed E-state index contributed by atoms with van der Waals surface area (Å²) in [4.78, 5) is 13.2. The van der Waals surface area contributed by atoms with Crippen LogP contribution in [0.3, 0.4) is 0 Å². The number of carbonyl (C=O) groups is 1. The zero-order valence-corrected chi connectivity index (χ0v) is 10.2. The van der Waals surface area contributed by atoms with Crippen LogP contribution in [0.5, 0.6) is 0 Å². The number of aliphatic hydroxyl groups is 1. The minimum absolute atomic E-state index is 0.122. The molecule has 0 saturated carbocycles. The molecular weight excluding hydrogens is 210 g/mol. The largest absolute Gasteiger partial charge is 0.469 e. The number of hydrogen-bond acceptors (Lipinski definition) is 5. The summed E-state index contributed by atoms with van der Waals surface area (Å²) in [5.74, 6) is -0.255. The van der Waals surface area contributed by atoms with E-state index in [1.165, 1.54) is 7.11 Å². The lowest BCUT2D eigenvalue weighted by Crippen LogP contribution is -2.48. The molecule has 1 N–H and O–H groups in total. The van der Waals surface area contributed by atoms with E-state index >= 15 is 0 Å². The molecule has 5 nitrogen and oxygen atoms in total. The van der Waals surface area contributed by atoms with Crippen LogP contribution in [0, 0.1) is 0 Å². The van der Waals surface area contributed by atoms with Crippen molar-refractivity contribution in [1.29, 1.82) is 0 Å². The van der Waals surface area contributed by atoms with Gasteiger partial charge in [-0.3, -0.25) is 9.69 Å². The van der Waals surface area contributed by atoms with Crippen LogP contribution >= 0.6 is 0 Å². The van der Waals surface area contributed by atoms with Gasteiger partial charge in [-0.15, -0.1) is 0 Å². The number of carbonyl (C=O) groups excluding carboxylic acids is 1. The number of ether oxygens (including phenoxy) is 2. The summed E-state index contributed by atoms with van der Waals surface area (Å²) >= 11 is 0. The number of morpholine rings is 1. The van der Waals surface area contributed by atoms with Crippen LogP contribution in [0.25, 0.3) is 0 Å². The van der Waals surface area contributed by atoms with Crippen molar-refractivity contribution in [3.8, 4) is 0 Å². The average molecular weight is 231 g/mol. The summed E-state index contributed by atoms with van der Waals surface area (Å²) < 4.78 is 10.1. The Balaban J connectivity index is 2.38. The van der Waals surface area contributed by atoms with Crippen molar-refractivity contribution in [3.05, 3.63) is 0 Å². The van der Waals surface area contributed by atoms with E-state index in [2.05, 4.69) is 9.64 Å². The molecule has 0 bridgehead atoms. The Labute approximate surface area is 96.3 Å². The standard InChI is InChI=1S/C11H21NO4/c1-11(2,14)8-12-4-5-16-9(7-12)6-10(13)15-3/h9,14H,4-8H2,1-3H3. The van der Waals surface area contributed by atoms with E-state index in [4.69, 9.17) is 4.74 Å². The van der Waals surface area contributed by atoms with Crippen LogP contribution in [0.4, 0.5) is 0 Å². The van der Waals surface area contributed by atoms with Crippen molar-refractivity contribution in [1.82, 2.24) is 4.90 Å². The minimum Gasteiger partial charge on any atom is -0.469 e. The lowest BCUT2D eigenvalue weighted by atomic mass is 10.1. The smallest absolute Gasteiger partial charge is 0.308 e. The molecule has 5 heteroatoms. The molecule has 1 aliphatic heterocycles. The maximum atomic E-state index is 11.1. The fourth-order valence-corrected chi connectivity index (χ4v) is 1.86. The number of nitrogens with zero attached hydrogens (tertiary/aromatic N) is 1. The lowest BCUT2D eigenvalue weighted by Gasteiger charge is -2.35. The second-order valence-electron chi connectivity index (χ2n) is 4.82. The quantitative estimate of drug-likeness (QED) is 0.691. The second-order valence-corrected chi connectivity index (χ2v) is 4.82. The summed E-state index contributed by atoms with van der Waals surface area (Å²) in [6.45, 7) is 6.20. The first kappa shape index (κ1) is 13.4. The van der Waals surface area contributed by atoms with E-state index < -0.39 is 5.60 Å². The summed E-state index contributed by atoms with van der Waals surface area (Å²) in [5, 5.41) is 9.71. The minimum atomic E-state index is -0.715. The highest BCUT2D eigenvalue weighted by molar-refractivity contribution is 5.69. The summed E-state index contributed by atoms with van der Waals surface area (Å²) in [7, 11) is 1.37. The number of β-amino-alcohol motifs (C(OH)–C–C–N with tert-alkyl or cyclic N) is 1. The molecule has 1 heterocycles. The van der Waals surface area contributed by atoms with Gasteiger partial charge in [0.25, 0.3) is 0 Å². The SMILES string of the molecule is COC(=O)CC1CN(CC(C)(C)O)CCO1. The maximum Gasteiger partial charge on any atom is 0.308 e. The molecule has 0 aromatic heterocycles. The Kier molecular flexibility index (Phi) is 4.70. The van der Waals surface area contributed by atoms with Gasteiger partial charge in [-0.25, -0.2) is 0 Å². The molecule has 1 atom stereocenters. The lowest BCUT2D eigenvalue weighted by molar-refractivity contribution is -0.146. The number of rotatable bonds is 4. The van der Waals surface area contributed by atoms with E-state index in [-0.39, 0.29) is 18.5 Å². The highest BCUT2D eigenvalue weighted by Gasteiger charge is 2.26. The van der Waals surface area contributed by atoms with Crippen molar-refractivity contribution in [2.24, 2.45) is 0 Å². The van der Waals surface area contributed by atoms with Gasteiger partial charge in [0.05, 0.1) is 31.8 Å². The van der Waals surface area contributed by atoms with Gasteiger partial charge in [0.2, 0.25) is 0 Å². The van der Waals surface area contributed by atoms with Crippen molar-refractivity contribution < 1.29 is 19.4 Å². The summed E-state index contributed by atoms with van der Waals surface area (Å²) in [5.41, 5.74) is -0.715. The van der Waals surface area contributed by atoms with Gasteiger partial charge in [0.1, 0.15) is 0 Å². The third kappa shape index (κ3) is 4.92. The van der Waals surface area contributed by atoms with E-state index in [1.807, 2.05) is 0 Å². The molecule has 94 valence electrons. The zero-order valence-electron chi connectivity index (χ0n) is 10.2. The normalized spacial score (nSPS) is 23.1. The molecule has 0 aromatic rings. The molecule has 0 spiro atoms. The Morgan fingerprint density at radius 2 is 2.31 bits per heavy atom. The molecule has 0 radical (unpaired) electrons. The van der Waals surface area contributed by atoms with Gasteiger partial charge in [-0.2, -0.15) is 0 Å². The predicted molar refractivity (Wildman–Crippen MR) is 59.1 cm³/mol. The fraction of sp³-hybridized carbons (Fsp3) is 0.909. The van der Waals surface area contributed by atoms with Gasteiger partial charge >= 0.3 is 5.97 Å². The van der Waals surface area contributed by atoms with Gasteiger partial charge in [0.15, 0.2) is 0 Å². The molecular formula is C11H21NO4. The van der Waals surface area contributed by atoms with Crippen LogP contribution in [0.2, 0.25) is 0 Å². The first-order chi connectivity index (χ1) is 7.40. The summed E-state index contributed by atoms with van der Waals surface area (Å²) in [6, 6.07) is 0. The van der Waals surface area contributed by atoms with Gasteiger partial charge in [0, 0.05) is 19.6 Å². The van der Waals surface area contributed by atoms with E-state index in [0.717, 1.165) is 6.54 Å². The van der Waals surface area contributed by atoms with Crippen molar-refractivity contribution in [3.63, 3.8) is 0 Å². The molecule has 16 heavy (non-hydrogen) atoms. The van der Waals surface area contributed by atoms with Crippen molar-refractivity contribution >= 4 is 5.97 Å². The monoisotopic (exact) mass is 231 g/mol.